The van der Waals surface area contributed by atoms with Gasteiger partial charge in [-0.2, -0.15) is 12.6 Å². The minimum Gasteiger partial charge on any atom is -0.480 e. The van der Waals surface area contributed by atoms with Gasteiger partial charge in [-0.05, 0) is 17.9 Å². The van der Waals surface area contributed by atoms with E-state index in [2.05, 4.69) is 28.6 Å². The molecule has 0 aliphatic rings. The first-order valence-electron chi connectivity index (χ1n) is 9.70. The number of hydrogen-bond acceptors (Lipinski definition) is 6. The number of carboxylic acid groups (broad SMARTS) is 1. The molecule has 0 unspecified atom stereocenters. The Hall–Kier alpha value is -2.59. The Morgan fingerprint density at radius 2 is 1.70 bits per heavy atom. The average molecular weight is 439 g/mol. The van der Waals surface area contributed by atoms with Gasteiger partial charge in [0.25, 0.3) is 0 Å². The Balaban J connectivity index is 2.74. The molecule has 10 heteroatoms. The van der Waals surface area contributed by atoms with Crippen LogP contribution < -0.4 is 21.7 Å². The second-order valence-corrected chi connectivity index (χ2v) is 7.39. The molecule has 0 saturated carbocycles. The van der Waals surface area contributed by atoms with Crippen LogP contribution in [0.5, 0.6) is 0 Å². The van der Waals surface area contributed by atoms with Gasteiger partial charge in [-0.15, -0.1) is 0 Å². The van der Waals surface area contributed by atoms with Gasteiger partial charge in [0.1, 0.15) is 18.6 Å². The number of aliphatic carboxylic acids is 1. The Kier molecular flexibility index (Phi) is 10.9. The van der Waals surface area contributed by atoms with Crippen LogP contribution in [0.2, 0.25) is 0 Å². The number of carboxylic acids is 1. The van der Waals surface area contributed by atoms with Gasteiger partial charge in [0.15, 0.2) is 0 Å². The third-order valence-electron chi connectivity index (χ3n) is 4.66. The normalized spacial score (nSPS) is 14.7. The van der Waals surface area contributed by atoms with Crippen molar-refractivity contribution < 1.29 is 24.3 Å². The van der Waals surface area contributed by atoms with Crippen LogP contribution >= 0.6 is 12.6 Å². The highest BCUT2D eigenvalue weighted by atomic mass is 32.1. The van der Waals surface area contributed by atoms with E-state index in [9.17, 15) is 19.2 Å². The van der Waals surface area contributed by atoms with Crippen LogP contribution in [-0.2, 0) is 25.6 Å². The number of hydrogen-bond donors (Lipinski definition) is 6. The number of carbonyl (C=O) groups excluding carboxylic acids is 3. The molecular weight excluding hydrogens is 408 g/mol. The van der Waals surface area contributed by atoms with E-state index in [1.165, 1.54) is 0 Å². The van der Waals surface area contributed by atoms with Crippen molar-refractivity contribution in [3.8, 4) is 0 Å². The first kappa shape index (κ1) is 25.4. The number of rotatable bonds is 12. The highest BCUT2D eigenvalue weighted by molar-refractivity contribution is 7.80. The van der Waals surface area contributed by atoms with Gasteiger partial charge in [-0.25, -0.2) is 0 Å². The van der Waals surface area contributed by atoms with E-state index in [0.717, 1.165) is 5.56 Å². The molecule has 1 rings (SSSR count). The summed E-state index contributed by atoms with van der Waals surface area (Å²) in [5.74, 6) is -3.15. The zero-order valence-corrected chi connectivity index (χ0v) is 18.0. The van der Waals surface area contributed by atoms with Crippen LogP contribution in [0.4, 0.5) is 0 Å². The van der Waals surface area contributed by atoms with Gasteiger partial charge in [0.2, 0.25) is 17.7 Å². The fourth-order valence-electron chi connectivity index (χ4n) is 2.66. The van der Waals surface area contributed by atoms with Crippen molar-refractivity contribution in [1.29, 1.82) is 0 Å². The third-order valence-corrected chi connectivity index (χ3v) is 5.02. The quantitative estimate of drug-likeness (QED) is 0.247. The van der Waals surface area contributed by atoms with Gasteiger partial charge in [0, 0.05) is 5.75 Å². The summed E-state index contributed by atoms with van der Waals surface area (Å²) in [4.78, 5) is 48.1. The lowest BCUT2D eigenvalue weighted by molar-refractivity contribution is -0.139. The topological polar surface area (TPSA) is 151 Å². The molecule has 0 aliphatic heterocycles. The average Bonchev–Trinajstić information content (AvgIpc) is 2.73. The third kappa shape index (κ3) is 8.42. The summed E-state index contributed by atoms with van der Waals surface area (Å²) in [6.07, 6.45) is 0.881. The molecule has 0 radical (unpaired) electrons. The molecule has 1 aromatic carbocycles. The van der Waals surface area contributed by atoms with Crippen LogP contribution in [0, 0.1) is 5.92 Å². The van der Waals surface area contributed by atoms with Crippen molar-refractivity contribution in [2.75, 3.05) is 12.3 Å². The van der Waals surface area contributed by atoms with Crippen molar-refractivity contribution >= 4 is 36.3 Å². The summed E-state index contributed by atoms with van der Waals surface area (Å²) in [6.45, 7) is 3.05. The maximum atomic E-state index is 12.7. The SMILES string of the molecule is CC[C@H](C)[C@H](NC(=O)[C@H](CS)NC(=O)[C@@H](N)Cc1ccccc1)C(=O)NCC(=O)O. The van der Waals surface area contributed by atoms with Gasteiger partial charge < -0.3 is 26.8 Å². The molecule has 0 fully saturated rings. The predicted octanol–water partition coefficient (Wildman–Crippen LogP) is -0.297. The van der Waals surface area contributed by atoms with E-state index < -0.39 is 48.4 Å². The molecule has 1 aromatic rings. The lowest BCUT2D eigenvalue weighted by Gasteiger charge is -2.26. The Bertz CT molecular complexity index is 731. The monoisotopic (exact) mass is 438 g/mol. The van der Waals surface area contributed by atoms with Crippen LogP contribution in [0.25, 0.3) is 0 Å². The van der Waals surface area contributed by atoms with Crippen molar-refractivity contribution in [3.05, 3.63) is 35.9 Å². The summed E-state index contributed by atoms with van der Waals surface area (Å²) in [5.41, 5.74) is 6.84. The molecule has 0 bridgehead atoms. The standard InChI is InChI=1S/C20H30N4O5S/c1-3-12(2)17(20(29)22-10-16(25)26)24-19(28)15(11-30)23-18(27)14(21)9-13-7-5-4-6-8-13/h4-8,12,14-15,17,30H,3,9-11,21H2,1-2H3,(H,22,29)(H,23,27)(H,24,28)(H,25,26)/t12-,14-,15-,17-/m0/s1. The second-order valence-electron chi connectivity index (χ2n) is 7.02. The van der Waals surface area contributed by atoms with Crippen molar-refractivity contribution in [2.45, 2.75) is 44.8 Å². The Morgan fingerprint density at radius 3 is 2.23 bits per heavy atom. The molecule has 0 spiro atoms. The summed E-state index contributed by atoms with van der Waals surface area (Å²) < 4.78 is 0. The van der Waals surface area contributed by atoms with E-state index >= 15 is 0 Å². The number of carbonyl (C=O) groups is 4. The Labute approximate surface area is 181 Å². The lowest BCUT2D eigenvalue weighted by atomic mass is 9.98. The fourth-order valence-corrected chi connectivity index (χ4v) is 2.92. The summed E-state index contributed by atoms with van der Waals surface area (Å²) >= 11 is 4.12. The number of amides is 3. The molecule has 0 aliphatic carbocycles. The molecule has 6 N–H and O–H groups in total. The molecule has 0 aromatic heterocycles. The van der Waals surface area contributed by atoms with Crippen LogP contribution in [0.3, 0.4) is 0 Å². The molecule has 0 saturated heterocycles. The first-order chi connectivity index (χ1) is 14.2. The van der Waals surface area contributed by atoms with E-state index in [1.54, 1.807) is 6.92 Å². The largest absolute Gasteiger partial charge is 0.480 e. The molecule has 9 nitrogen and oxygen atoms in total. The summed E-state index contributed by atoms with van der Waals surface area (Å²) in [6, 6.07) is 6.44. The smallest absolute Gasteiger partial charge is 0.322 e. The zero-order valence-electron chi connectivity index (χ0n) is 17.1. The summed E-state index contributed by atoms with van der Waals surface area (Å²) in [7, 11) is 0. The number of benzene rings is 1. The van der Waals surface area contributed by atoms with Gasteiger partial charge in [-0.1, -0.05) is 50.6 Å². The first-order valence-corrected chi connectivity index (χ1v) is 10.3. The molecule has 4 atom stereocenters. The summed E-state index contributed by atoms with van der Waals surface area (Å²) in [5, 5.41) is 16.1. The molecule has 166 valence electrons. The van der Waals surface area contributed by atoms with E-state index in [0.29, 0.717) is 12.8 Å². The highest BCUT2D eigenvalue weighted by Crippen LogP contribution is 2.09. The number of thiol groups is 1. The maximum Gasteiger partial charge on any atom is 0.322 e. The fraction of sp³-hybridized carbons (Fsp3) is 0.500. The van der Waals surface area contributed by atoms with Crippen molar-refractivity contribution in [2.24, 2.45) is 11.7 Å². The molecule has 3 amide bonds. The lowest BCUT2D eigenvalue weighted by Crippen LogP contribution is -2.58. The van der Waals surface area contributed by atoms with E-state index in [-0.39, 0.29) is 11.7 Å². The van der Waals surface area contributed by atoms with Gasteiger partial charge in [0.05, 0.1) is 6.04 Å². The van der Waals surface area contributed by atoms with Crippen LogP contribution in [-0.4, -0.2) is 59.2 Å². The van der Waals surface area contributed by atoms with E-state index in [4.69, 9.17) is 10.8 Å². The Morgan fingerprint density at radius 1 is 1.07 bits per heavy atom. The number of nitrogens with two attached hydrogens (primary N) is 1. The molecule has 30 heavy (non-hydrogen) atoms. The molecule has 0 heterocycles. The minimum absolute atomic E-state index is 0.000396. The zero-order chi connectivity index (χ0) is 22.7. The second kappa shape index (κ2) is 12.9. The van der Waals surface area contributed by atoms with Crippen LogP contribution in [0.1, 0.15) is 25.8 Å². The maximum absolute atomic E-state index is 12.7. The minimum atomic E-state index is -1.19. The van der Waals surface area contributed by atoms with Crippen molar-refractivity contribution in [3.63, 3.8) is 0 Å². The van der Waals surface area contributed by atoms with Gasteiger partial charge in [-0.3, -0.25) is 19.2 Å². The highest BCUT2D eigenvalue weighted by Gasteiger charge is 2.30. The number of nitrogens with one attached hydrogen (secondary N) is 3. The predicted molar refractivity (Wildman–Crippen MR) is 116 cm³/mol. The van der Waals surface area contributed by atoms with Gasteiger partial charge >= 0.3 is 5.97 Å². The van der Waals surface area contributed by atoms with Crippen molar-refractivity contribution in [1.82, 2.24) is 16.0 Å². The molecular formula is C20H30N4O5S. The van der Waals surface area contributed by atoms with E-state index in [1.807, 2.05) is 37.3 Å². The van der Waals surface area contributed by atoms with Crippen LogP contribution in [0.15, 0.2) is 30.3 Å².